The molecule has 3 nitrogen and oxygen atoms in total. The summed E-state index contributed by atoms with van der Waals surface area (Å²) in [4.78, 5) is 6.70. The Morgan fingerprint density at radius 3 is 2.70 bits per heavy atom. The van der Waals surface area contributed by atoms with Crippen molar-refractivity contribution in [2.45, 2.75) is 19.5 Å². The van der Waals surface area contributed by atoms with E-state index in [1.54, 1.807) is 0 Å². The first-order valence-electron chi connectivity index (χ1n) is 6.84. The first-order valence-corrected chi connectivity index (χ1v) is 7.22. The van der Waals surface area contributed by atoms with E-state index in [-0.39, 0.29) is 6.04 Å². The standard InChI is InChI=1S/C16H20ClN3/c1-2-20(12-15-8-3-4-9-19-15)16(11-18)13-6-5-7-14(17)10-13/h3-10,16H,2,11-12,18H2,1H3. The van der Waals surface area contributed by atoms with Gasteiger partial charge in [-0.05, 0) is 36.4 Å². The Balaban J connectivity index is 2.19. The molecule has 2 aromatic rings. The third-order valence-corrected chi connectivity index (χ3v) is 3.63. The molecular weight excluding hydrogens is 270 g/mol. The van der Waals surface area contributed by atoms with Gasteiger partial charge in [0.25, 0.3) is 0 Å². The maximum atomic E-state index is 6.08. The lowest BCUT2D eigenvalue weighted by Crippen LogP contribution is -2.33. The van der Waals surface area contributed by atoms with Crippen molar-refractivity contribution in [3.05, 3.63) is 64.9 Å². The molecule has 0 amide bonds. The average Bonchev–Trinajstić information content (AvgIpc) is 2.48. The fourth-order valence-corrected chi connectivity index (χ4v) is 2.55. The van der Waals surface area contributed by atoms with E-state index in [9.17, 15) is 0 Å². The molecule has 0 saturated heterocycles. The molecule has 0 bridgehead atoms. The minimum Gasteiger partial charge on any atom is -0.329 e. The molecule has 106 valence electrons. The molecule has 4 heteroatoms. The Bertz CT molecular complexity index is 530. The molecule has 20 heavy (non-hydrogen) atoms. The van der Waals surface area contributed by atoms with Gasteiger partial charge in [-0.3, -0.25) is 9.88 Å². The number of halogens is 1. The van der Waals surface area contributed by atoms with E-state index < -0.39 is 0 Å². The van der Waals surface area contributed by atoms with Gasteiger partial charge in [-0.25, -0.2) is 0 Å². The zero-order chi connectivity index (χ0) is 14.4. The van der Waals surface area contributed by atoms with E-state index in [0.29, 0.717) is 6.54 Å². The van der Waals surface area contributed by atoms with Crippen LogP contribution in [0.3, 0.4) is 0 Å². The Kier molecular flexibility index (Phi) is 5.53. The molecule has 0 aliphatic carbocycles. The van der Waals surface area contributed by atoms with Gasteiger partial charge >= 0.3 is 0 Å². The number of benzene rings is 1. The van der Waals surface area contributed by atoms with Crippen LogP contribution in [0.5, 0.6) is 0 Å². The Labute approximate surface area is 125 Å². The normalized spacial score (nSPS) is 12.6. The van der Waals surface area contributed by atoms with Crippen molar-refractivity contribution in [3.63, 3.8) is 0 Å². The second-order valence-electron chi connectivity index (χ2n) is 4.69. The quantitative estimate of drug-likeness (QED) is 0.887. The molecule has 0 saturated carbocycles. The molecule has 2 rings (SSSR count). The number of rotatable bonds is 6. The summed E-state index contributed by atoms with van der Waals surface area (Å²) >= 11 is 6.08. The van der Waals surface area contributed by atoms with Gasteiger partial charge in [-0.15, -0.1) is 0 Å². The SMILES string of the molecule is CCN(Cc1ccccn1)C(CN)c1cccc(Cl)c1. The van der Waals surface area contributed by atoms with Crippen molar-refractivity contribution < 1.29 is 0 Å². The van der Waals surface area contributed by atoms with Crippen LogP contribution in [-0.4, -0.2) is 23.0 Å². The van der Waals surface area contributed by atoms with Crippen LogP contribution >= 0.6 is 11.6 Å². The fraction of sp³-hybridized carbons (Fsp3) is 0.312. The van der Waals surface area contributed by atoms with Gasteiger partial charge in [0.1, 0.15) is 0 Å². The first kappa shape index (κ1) is 15.0. The Hall–Kier alpha value is -1.42. The highest BCUT2D eigenvalue weighted by atomic mass is 35.5. The number of hydrogen-bond acceptors (Lipinski definition) is 3. The minimum absolute atomic E-state index is 0.153. The zero-order valence-electron chi connectivity index (χ0n) is 11.7. The lowest BCUT2D eigenvalue weighted by Gasteiger charge is -2.30. The summed E-state index contributed by atoms with van der Waals surface area (Å²) in [6.07, 6.45) is 1.82. The number of nitrogens with two attached hydrogens (primary N) is 1. The van der Waals surface area contributed by atoms with Crippen molar-refractivity contribution in [1.82, 2.24) is 9.88 Å². The van der Waals surface area contributed by atoms with Gasteiger partial charge in [-0.2, -0.15) is 0 Å². The summed E-state index contributed by atoms with van der Waals surface area (Å²) in [7, 11) is 0. The number of nitrogens with zero attached hydrogens (tertiary/aromatic N) is 2. The molecule has 0 radical (unpaired) electrons. The molecule has 0 fully saturated rings. The third kappa shape index (κ3) is 3.79. The van der Waals surface area contributed by atoms with Crippen LogP contribution in [0.15, 0.2) is 48.7 Å². The summed E-state index contributed by atoms with van der Waals surface area (Å²) in [6, 6.07) is 14.0. The zero-order valence-corrected chi connectivity index (χ0v) is 12.4. The van der Waals surface area contributed by atoms with Gasteiger partial charge in [-0.1, -0.05) is 36.7 Å². The maximum Gasteiger partial charge on any atom is 0.0544 e. The summed E-state index contributed by atoms with van der Waals surface area (Å²) < 4.78 is 0. The molecule has 1 atom stereocenters. The van der Waals surface area contributed by atoms with E-state index in [1.165, 1.54) is 0 Å². The van der Waals surface area contributed by atoms with Gasteiger partial charge < -0.3 is 5.73 Å². The predicted octanol–water partition coefficient (Wildman–Crippen LogP) is 3.26. The summed E-state index contributed by atoms with van der Waals surface area (Å²) in [5.41, 5.74) is 8.18. The third-order valence-electron chi connectivity index (χ3n) is 3.39. The lowest BCUT2D eigenvalue weighted by molar-refractivity contribution is 0.201. The summed E-state index contributed by atoms with van der Waals surface area (Å²) in [5.74, 6) is 0. The van der Waals surface area contributed by atoms with Crippen molar-refractivity contribution in [2.75, 3.05) is 13.1 Å². The maximum absolute atomic E-state index is 6.08. The van der Waals surface area contributed by atoms with Crippen LogP contribution in [0.25, 0.3) is 0 Å². The molecule has 0 aliphatic rings. The van der Waals surface area contributed by atoms with E-state index >= 15 is 0 Å². The lowest BCUT2D eigenvalue weighted by atomic mass is 10.0. The number of pyridine rings is 1. The number of hydrogen-bond donors (Lipinski definition) is 1. The topological polar surface area (TPSA) is 42.2 Å². The van der Waals surface area contributed by atoms with Crippen LogP contribution in [0.1, 0.15) is 24.2 Å². The monoisotopic (exact) mass is 289 g/mol. The van der Waals surface area contributed by atoms with Gasteiger partial charge in [0.15, 0.2) is 0 Å². The molecular formula is C16H20ClN3. The summed E-state index contributed by atoms with van der Waals surface area (Å²) in [5, 5.41) is 0.745. The minimum atomic E-state index is 0.153. The van der Waals surface area contributed by atoms with Crippen molar-refractivity contribution in [1.29, 1.82) is 0 Å². The highest BCUT2D eigenvalue weighted by Gasteiger charge is 2.18. The molecule has 2 N–H and O–H groups in total. The van der Waals surface area contributed by atoms with E-state index in [0.717, 1.165) is 29.4 Å². The Morgan fingerprint density at radius 2 is 2.10 bits per heavy atom. The average molecular weight is 290 g/mol. The molecule has 1 aromatic carbocycles. The van der Waals surface area contributed by atoms with Crippen LogP contribution in [0.2, 0.25) is 5.02 Å². The number of aromatic nitrogens is 1. The van der Waals surface area contributed by atoms with Crippen molar-refractivity contribution in [3.8, 4) is 0 Å². The van der Waals surface area contributed by atoms with Gasteiger partial charge in [0, 0.05) is 30.4 Å². The van der Waals surface area contributed by atoms with E-state index in [2.05, 4.69) is 22.9 Å². The molecule has 0 aliphatic heterocycles. The summed E-state index contributed by atoms with van der Waals surface area (Å²) in [6.45, 7) is 4.38. The molecule has 1 unspecified atom stereocenters. The van der Waals surface area contributed by atoms with E-state index in [1.807, 2.05) is 42.6 Å². The van der Waals surface area contributed by atoms with Crippen molar-refractivity contribution >= 4 is 11.6 Å². The molecule has 0 spiro atoms. The van der Waals surface area contributed by atoms with Crippen molar-refractivity contribution in [2.24, 2.45) is 5.73 Å². The van der Waals surface area contributed by atoms with Crippen LogP contribution in [0, 0.1) is 0 Å². The molecule has 1 aromatic heterocycles. The van der Waals surface area contributed by atoms with Gasteiger partial charge in [0.05, 0.1) is 5.69 Å². The smallest absolute Gasteiger partial charge is 0.0544 e. The predicted molar refractivity (Wildman–Crippen MR) is 83.6 cm³/mol. The second kappa shape index (κ2) is 7.39. The highest BCUT2D eigenvalue weighted by molar-refractivity contribution is 6.30. The van der Waals surface area contributed by atoms with Crippen LogP contribution in [0.4, 0.5) is 0 Å². The van der Waals surface area contributed by atoms with Gasteiger partial charge in [0.2, 0.25) is 0 Å². The molecule has 1 heterocycles. The van der Waals surface area contributed by atoms with Crippen LogP contribution in [-0.2, 0) is 6.54 Å². The number of likely N-dealkylation sites (N-methyl/N-ethyl adjacent to an activating group) is 1. The first-order chi connectivity index (χ1) is 9.74. The van der Waals surface area contributed by atoms with Crippen LogP contribution < -0.4 is 5.73 Å². The van der Waals surface area contributed by atoms with E-state index in [4.69, 9.17) is 17.3 Å². The Morgan fingerprint density at radius 1 is 1.25 bits per heavy atom. The highest BCUT2D eigenvalue weighted by Crippen LogP contribution is 2.23. The largest absolute Gasteiger partial charge is 0.329 e. The fourth-order valence-electron chi connectivity index (χ4n) is 2.35. The second-order valence-corrected chi connectivity index (χ2v) is 5.13.